The van der Waals surface area contributed by atoms with Crippen LogP contribution in [0.3, 0.4) is 0 Å². The van der Waals surface area contributed by atoms with Gasteiger partial charge in [0.1, 0.15) is 0 Å². The first kappa shape index (κ1) is 16.2. The molecule has 0 saturated heterocycles. The van der Waals surface area contributed by atoms with Gasteiger partial charge in [-0.1, -0.05) is 13.0 Å². The second-order valence-corrected chi connectivity index (χ2v) is 7.76. The van der Waals surface area contributed by atoms with Gasteiger partial charge in [0.15, 0.2) is 5.03 Å². The molecule has 0 atom stereocenters. The Morgan fingerprint density at radius 1 is 1.48 bits per heavy atom. The van der Waals surface area contributed by atoms with Crippen molar-refractivity contribution in [1.29, 1.82) is 0 Å². The Labute approximate surface area is 129 Å². The van der Waals surface area contributed by atoms with E-state index >= 15 is 0 Å². The highest BCUT2D eigenvalue weighted by Gasteiger charge is 2.26. The third kappa shape index (κ3) is 3.91. The van der Waals surface area contributed by atoms with Crippen molar-refractivity contribution in [2.45, 2.75) is 31.5 Å². The molecule has 2 aromatic rings. The van der Waals surface area contributed by atoms with E-state index in [1.54, 1.807) is 24.6 Å². The number of aromatic nitrogens is 2. The Bertz CT molecular complexity index is 650. The number of thiophene rings is 1. The maximum atomic E-state index is 12.6. The third-order valence-electron chi connectivity index (χ3n) is 3.05. The fourth-order valence-corrected chi connectivity index (χ4v) is 4.00. The van der Waals surface area contributed by atoms with Gasteiger partial charge in [-0.3, -0.25) is 5.10 Å². The highest BCUT2D eigenvalue weighted by Crippen LogP contribution is 2.20. The summed E-state index contributed by atoms with van der Waals surface area (Å²) in [5.74, 6) is 0. The smallest absolute Gasteiger partial charge is 0.260 e. The van der Waals surface area contributed by atoms with Crippen LogP contribution in [0, 0.1) is 0 Å². The van der Waals surface area contributed by atoms with Crippen molar-refractivity contribution in [3.05, 3.63) is 34.2 Å². The lowest BCUT2D eigenvalue weighted by molar-refractivity contribution is 0.465. The zero-order valence-corrected chi connectivity index (χ0v) is 13.8. The van der Waals surface area contributed by atoms with Gasteiger partial charge in [-0.15, -0.1) is 11.3 Å². The van der Waals surface area contributed by atoms with Gasteiger partial charge in [-0.2, -0.15) is 9.40 Å². The minimum Gasteiger partial charge on any atom is -0.313 e. The Kier molecular flexibility index (Phi) is 5.51. The first-order valence-electron chi connectivity index (χ1n) is 6.77. The van der Waals surface area contributed by atoms with Gasteiger partial charge in [-0.25, -0.2) is 8.42 Å². The molecule has 0 spiro atoms. The van der Waals surface area contributed by atoms with Crippen LogP contribution >= 0.6 is 11.3 Å². The minimum atomic E-state index is -3.56. The van der Waals surface area contributed by atoms with Gasteiger partial charge in [0.05, 0.1) is 6.20 Å². The van der Waals surface area contributed by atoms with E-state index in [9.17, 15) is 8.42 Å². The molecule has 2 N–H and O–H groups in total. The summed E-state index contributed by atoms with van der Waals surface area (Å²) in [5.41, 5.74) is 0.668. The van der Waals surface area contributed by atoms with Crippen molar-refractivity contribution in [3.8, 4) is 0 Å². The van der Waals surface area contributed by atoms with E-state index in [-0.39, 0.29) is 5.03 Å². The highest BCUT2D eigenvalue weighted by molar-refractivity contribution is 7.89. The average molecular weight is 328 g/mol. The van der Waals surface area contributed by atoms with Gasteiger partial charge < -0.3 is 5.32 Å². The maximum Gasteiger partial charge on any atom is 0.260 e. The number of hydrogen-bond donors (Lipinski definition) is 2. The average Bonchev–Trinajstić information content (AvgIpc) is 3.10. The second kappa shape index (κ2) is 7.17. The summed E-state index contributed by atoms with van der Waals surface area (Å²) in [6.45, 7) is 3.76. The molecule has 6 nitrogen and oxygen atoms in total. The highest BCUT2D eigenvalue weighted by atomic mass is 32.2. The summed E-state index contributed by atoms with van der Waals surface area (Å²) < 4.78 is 26.6. The summed E-state index contributed by atoms with van der Waals surface area (Å²) in [4.78, 5) is 1.01. The SMILES string of the molecule is CCCNCc1cn[nH]c1S(=O)(=O)N(C)Cc1cccs1. The van der Waals surface area contributed by atoms with Crippen molar-refractivity contribution in [1.82, 2.24) is 19.8 Å². The Morgan fingerprint density at radius 3 is 2.95 bits per heavy atom. The molecule has 2 aromatic heterocycles. The van der Waals surface area contributed by atoms with E-state index in [0.29, 0.717) is 18.7 Å². The molecule has 0 unspecified atom stereocenters. The van der Waals surface area contributed by atoms with E-state index < -0.39 is 10.0 Å². The van der Waals surface area contributed by atoms with Gasteiger partial charge >= 0.3 is 0 Å². The van der Waals surface area contributed by atoms with Crippen LogP contribution in [0.1, 0.15) is 23.8 Å². The number of H-pyrrole nitrogens is 1. The number of nitrogens with one attached hydrogen (secondary N) is 2. The first-order chi connectivity index (χ1) is 10.1. The van der Waals surface area contributed by atoms with Crippen molar-refractivity contribution < 1.29 is 8.42 Å². The van der Waals surface area contributed by atoms with Crippen molar-refractivity contribution in [2.75, 3.05) is 13.6 Å². The van der Waals surface area contributed by atoms with Gasteiger partial charge in [0.2, 0.25) is 0 Å². The summed E-state index contributed by atoms with van der Waals surface area (Å²) in [5, 5.41) is 11.8. The number of aromatic amines is 1. The molecule has 0 bridgehead atoms. The summed E-state index contributed by atoms with van der Waals surface area (Å²) in [6.07, 6.45) is 2.56. The zero-order valence-electron chi connectivity index (χ0n) is 12.2. The van der Waals surface area contributed by atoms with Crippen LogP contribution in [0.5, 0.6) is 0 Å². The molecule has 8 heteroatoms. The van der Waals surface area contributed by atoms with Gasteiger partial charge in [0.25, 0.3) is 10.0 Å². The van der Waals surface area contributed by atoms with Crippen LogP contribution in [-0.4, -0.2) is 36.5 Å². The molecule has 21 heavy (non-hydrogen) atoms. The minimum absolute atomic E-state index is 0.171. The molecule has 0 saturated carbocycles. The van der Waals surface area contributed by atoms with E-state index in [0.717, 1.165) is 17.8 Å². The molecule has 0 aliphatic rings. The van der Waals surface area contributed by atoms with E-state index in [4.69, 9.17) is 0 Å². The van der Waals surface area contributed by atoms with Crippen LogP contribution in [-0.2, 0) is 23.1 Å². The number of rotatable bonds is 8. The second-order valence-electron chi connectivity index (χ2n) is 4.74. The standard InChI is InChI=1S/C13H20N4O2S2/c1-3-6-14-8-11-9-15-16-13(11)21(18,19)17(2)10-12-5-4-7-20-12/h4-5,7,9,14H,3,6,8,10H2,1-2H3,(H,15,16). The largest absolute Gasteiger partial charge is 0.313 e. The zero-order chi connectivity index (χ0) is 15.3. The van der Waals surface area contributed by atoms with E-state index in [2.05, 4.69) is 22.4 Å². The molecule has 0 radical (unpaired) electrons. The fourth-order valence-electron chi connectivity index (χ4n) is 1.91. The molecule has 116 valence electrons. The summed E-state index contributed by atoms with van der Waals surface area (Å²) in [7, 11) is -1.98. The molecule has 0 amide bonds. The normalized spacial score (nSPS) is 12.1. The molecular formula is C13H20N4O2S2. The van der Waals surface area contributed by atoms with Crippen LogP contribution in [0.4, 0.5) is 0 Å². The number of nitrogens with zero attached hydrogens (tertiary/aromatic N) is 2. The van der Waals surface area contributed by atoms with Crippen molar-refractivity contribution >= 4 is 21.4 Å². The van der Waals surface area contributed by atoms with Crippen LogP contribution in [0.15, 0.2) is 28.7 Å². The monoisotopic (exact) mass is 328 g/mol. The Morgan fingerprint density at radius 2 is 2.29 bits per heavy atom. The molecule has 0 aromatic carbocycles. The molecule has 0 aliphatic heterocycles. The predicted octanol–water partition coefficient (Wildman–Crippen LogP) is 1.79. The summed E-state index contributed by atoms with van der Waals surface area (Å²) in [6, 6.07) is 3.84. The Hall–Kier alpha value is -1.22. The quantitative estimate of drug-likeness (QED) is 0.724. The van der Waals surface area contributed by atoms with Gasteiger partial charge in [0, 0.05) is 30.6 Å². The summed E-state index contributed by atoms with van der Waals surface area (Å²) >= 11 is 1.54. The predicted molar refractivity (Wildman–Crippen MR) is 83.6 cm³/mol. The lowest BCUT2D eigenvalue weighted by Crippen LogP contribution is -2.28. The lowest BCUT2D eigenvalue weighted by atomic mass is 10.3. The third-order valence-corrected chi connectivity index (χ3v) is 5.73. The van der Waals surface area contributed by atoms with E-state index in [1.807, 2.05) is 17.5 Å². The maximum absolute atomic E-state index is 12.6. The molecule has 0 aliphatic carbocycles. The van der Waals surface area contributed by atoms with Gasteiger partial charge in [-0.05, 0) is 24.4 Å². The van der Waals surface area contributed by atoms with Crippen LogP contribution in [0.2, 0.25) is 0 Å². The number of hydrogen-bond acceptors (Lipinski definition) is 5. The molecule has 0 fully saturated rings. The molecule has 2 rings (SSSR count). The topological polar surface area (TPSA) is 78.1 Å². The van der Waals surface area contributed by atoms with Crippen molar-refractivity contribution in [2.24, 2.45) is 0 Å². The first-order valence-corrected chi connectivity index (χ1v) is 9.09. The van der Waals surface area contributed by atoms with E-state index in [1.165, 1.54) is 4.31 Å². The van der Waals surface area contributed by atoms with Crippen LogP contribution < -0.4 is 5.32 Å². The van der Waals surface area contributed by atoms with Crippen LogP contribution in [0.25, 0.3) is 0 Å². The molecular weight excluding hydrogens is 308 g/mol. The molecule has 2 heterocycles. The number of sulfonamides is 1. The lowest BCUT2D eigenvalue weighted by Gasteiger charge is -2.16. The Balaban J connectivity index is 2.13. The van der Waals surface area contributed by atoms with Crippen molar-refractivity contribution in [3.63, 3.8) is 0 Å². The fraction of sp³-hybridized carbons (Fsp3) is 0.462.